The van der Waals surface area contributed by atoms with Crippen LogP contribution >= 0.6 is 0 Å². The van der Waals surface area contributed by atoms with Crippen LogP contribution in [0.15, 0.2) is 42.6 Å². The molecule has 7 heteroatoms. The number of benzene rings is 1. The van der Waals surface area contributed by atoms with Crippen LogP contribution in [0, 0.1) is 10.1 Å². The Bertz CT molecular complexity index is 843. The molecule has 0 atom stereocenters. The van der Waals surface area contributed by atoms with E-state index in [9.17, 15) is 10.1 Å². The van der Waals surface area contributed by atoms with Crippen molar-refractivity contribution in [3.05, 3.63) is 58.5 Å². The van der Waals surface area contributed by atoms with E-state index in [-0.39, 0.29) is 5.69 Å². The Morgan fingerprint density at radius 1 is 1.27 bits per heavy atom. The number of nitrogens with zero attached hydrogens (tertiary/aromatic N) is 5. The highest BCUT2D eigenvalue weighted by Gasteiger charge is 2.19. The predicted octanol–water partition coefficient (Wildman–Crippen LogP) is 2.51. The van der Waals surface area contributed by atoms with Crippen LogP contribution in [0.4, 0.5) is 11.5 Å². The van der Waals surface area contributed by atoms with E-state index in [4.69, 9.17) is 0 Å². The van der Waals surface area contributed by atoms with Gasteiger partial charge in [0.15, 0.2) is 0 Å². The van der Waals surface area contributed by atoms with Gasteiger partial charge in [-0.25, -0.2) is 9.97 Å². The van der Waals surface area contributed by atoms with Crippen molar-refractivity contribution in [1.29, 1.82) is 0 Å². The Morgan fingerprint density at radius 3 is 2.77 bits per heavy atom. The van der Waals surface area contributed by atoms with Crippen molar-refractivity contribution < 1.29 is 4.92 Å². The first kappa shape index (κ1) is 14.0. The van der Waals surface area contributed by atoms with Crippen molar-refractivity contribution in [3.63, 3.8) is 0 Å². The second-order valence-electron chi connectivity index (χ2n) is 5.04. The highest BCUT2D eigenvalue weighted by atomic mass is 16.6. The van der Waals surface area contributed by atoms with Crippen molar-refractivity contribution in [2.75, 3.05) is 11.9 Å². The summed E-state index contributed by atoms with van der Waals surface area (Å²) in [5, 5.41) is 11.1. The molecular weight excluding hydrogens is 282 g/mol. The van der Waals surface area contributed by atoms with Gasteiger partial charge in [-0.05, 0) is 18.2 Å². The number of hydrogen-bond donors (Lipinski definition) is 0. The van der Waals surface area contributed by atoms with Gasteiger partial charge in [0, 0.05) is 26.4 Å². The summed E-state index contributed by atoms with van der Waals surface area (Å²) in [4.78, 5) is 21.1. The summed E-state index contributed by atoms with van der Waals surface area (Å²) in [6, 6.07) is 10.9. The standard InChI is InChI=1S/C15H15N5O2/c1-18(15-13(20(21)22)8-5-9-16-15)10-14-17-11-6-3-4-7-12(11)19(14)2/h3-9H,10H2,1-2H3. The molecule has 0 saturated heterocycles. The molecule has 0 saturated carbocycles. The number of para-hydroxylation sites is 2. The molecule has 0 aliphatic heterocycles. The van der Waals surface area contributed by atoms with Crippen LogP contribution in [-0.2, 0) is 13.6 Å². The number of imidazole rings is 1. The fourth-order valence-electron chi connectivity index (χ4n) is 2.45. The van der Waals surface area contributed by atoms with E-state index in [0.29, 0.717) is 12.4 Å². The van der Waals surface area contributed by atoms with Gasteiger partial charge in [0.05, 0.1) is 22.5 Å². The molecule has 112 valence electrons. The van der Waals surface area contributed by atoms with Gasteiger partial charge in [-0.3, -0.25) is 10.1 Å². The lowest BCUT2D eigenvalue weighted by Gasteiger charge is -2.17. The summed E-state index contributed by atoms with van der Waals surface area (Å²) in [5.41, 5.74) is 1.93. The number of anilines is 1. The lowest BCUT2D eigenvalue weighted by molar-refractivity contribution is -0.384. The number of hydrogen-bond acceptors (Lipinski definition) is 5. The van der Waals surface area contributed by atoms with Gasteiger partial charge >= 0.3 is 5.69 Å². The van der Waals surface area contributed by atoms with E-state index in [1.165, 1.54) is 6.07 Å². The molecule has 0 fully saturated rings. The lowest BCUT2D eigenvalue weighted by atomic mass is 10.3. The maximum atomic E-state index is 11.1. The largest absolute Gasteiger partial charge is 0.346 e. The Hall–Kier alpha value is -2.96. The van der Waals surface area contributed by atoms with Crippen molar-refractivity contribution in [3.8, 4) is 0 Å². The zero-order chi connectivity index (χ0) is 15.7. The normalized spacial score (nSPS) is 10.8. The lowest BCUT2D eigenvalue weighted by Crippen LogP contribution is -2.21. The first-order valence-corrected chi connectivity index (χ1v) is 6.79. The summed E-state index contributed by atoms with van der Waals surface area (Å²) < 4.78 is 1.99. The van der Waals surface area contributed by atoms with Crippen LogP contribution in [0.2, 0.25) is 0 Å². The molecule has 0 amide bonds. The summed E-state index contributed by atoms with van der Waals surface area (Å²) in [7, 11) is 3.71. The molecule has 7 nitrogen and oxygen atoms in total. The van der Waals surface area contributed by atoms with E-state index in [0.717, 1.165) is 16.9 Å². The molecule has 0 bridgehead atoms. The molecule has 22 heavy (non-hydrogen) atoms. The van der Waals surface area contributed by atoms with Crippen LogP contribution < -0.4 is 4.90 Å². The predicted molar refractivity (Wildman–Crippen MR) is 83.7 cm³/mol. The maximum absolute atomic E-state index is 11.1. The SMILES string of the molecule is CN(Cc1nc2ccccc2n1C)c1ncccc1[N+](=O)[O-]. The van der Waals surface area contributed by atoms with Crippen molar-refractivity contribution in [2.24, 2.45) is 7.05 Å². The van der Waals surface area contributed by atoms with Crippen LogP contribution in [0.1, 0.15) is 5.82 Å². The monoisotopic (exact) mass is 297 g/mol. The third-order valence-corrected chi connectivity index (χ3v) is 3.58. The van der Waals surface area contributed by atoms with E-state index >= 15 is 0 Å². The zero-order valence-electron chi connectivity index (χ0n) is 12.3. The highest BCUT2D eigenvalue weighted by molar-refractivity contribution is 5.75. The number of fused-ring (bicyclic) bond motifs is 1. The smallest absolute Gasteiger partial charge is 0.311 e. The van der Waals surface area contributed by atoms with Crippen molar-refractivity contribution >= 4 is 22.5 Å². The summed E-state index contributed by atoms with van der Waals surface area (Å²) >= 11 is 0. The fraction of sp³-hybridized carbons (Fsp3) is 0.200. The molecular formula is C15H15N5O2. The van der Waals surface area contributed by atoms with Crippen LogP contribution in [-0.4, -0.2) is 26.5 Å². The Labute approximate surface area is 127 Å². The van der Waals surface area contributed by atoms with Gasteiger partial charge in [-0.2, -0.15) is 0 Å². The van der Waals surface area contributed by atoms with Crippen LogP contribution in [0.3, 0.4) is 0 Å². The maximum Gasteiger partial charge on any atom is 0.311 e. The second kappa shape index (κ2) is 5.44. The fourth-order valence-corrected chi connectivity index (χ4v) is 2.45. The Morgan fingerprint density at radius 2 is 2.05 bits per heavy atom. The Kier molecular flexibility index (Phi) is 3.46. The van der Waals surface area contributed by atoms with Crippen LogP contribution in [0.5, 0.6) is 0 Å². The number of pyridine rings is 1. The highest BCUT2D eigenvalue weighted by Crippen LogP contribution is 2.25. The second-order valence-corrected chi connectivity index (χ2v) is 5.04. The van der Waals surface area contributed by atoms with Gasteiger partial charge in [0.2, 0.25) is 5.82 Å². The third kappa shape index (κ3) is 2.37. The van der Waals surface area contributed by atoms with Crippen molar-refractivity contribution in [1.82, 2.24) is 14.5 Å². The average molecular weight is 297 g/mol. The molecule has 3 rings (SSSR count). The van der Waals surface area contributed by atoms with Crippen LogP contribution in [0.25, 0.3) is 11.0 Å². The summed E-state index contributed by atoms with van der Waals surface area (Å²) in [6.45, 7) is 0.434. The molecule has 0 aliphatic rings. The van der Waals surface area contributed by atoms with Crippen molar-refractivity contribution in [2.45, 2.75) is 6.54 Å². The average Bonchev–Trinajstić information content (AvgIpc) is 2.84. The van der Waals surface area contributed by atoms with Gasteiger partial charge < -0.3 is 9.47 Å². The third-order valence-electron chi connectivity index (χ3n) is 3.58. The van der Waals surface area contributed by atoms with Gasteiger partial charge in [-0.15, -0.1) is 0 Å². The number of nitro groups is 1. The summed E-state index contributed by atoms with van der Waals surface area (Å²) in [6.07, 6.45) is 1.55. The molecule has 0 spiro atoms. The molecule has 0 radical (unpaired) electrons. The minimum Gasteiger partial charge on any atom is -0.346 e. The summed E-state index contributed by atoms with van der Waals surface area (Å²) in [5.74, 6) is 1.16. The minimum atomic E-state index is -0.423. The Balaban J connectivity index is 1.95. The van der Waals surface area contributed by atoms with Gasteiger partial charge in [0.25, 0.3) is 0 Å². The molecule has 0 unspecified atom stereocenters. The molecule has 3 aromatic rings. The van der Waals surface area contributed by atoms with Gasteiger partial charge in [0.1, 0.15) is 5.82 Å². The minimum absolute atomic E-state index is 0.0104. The first-order chi connectivity index (χ1) is 10.6. The number of rotatable bonds is 4. The molecule has 0 N–H and O–H groups in total. The molecule has 2 heterocycles. The molecule has 2 aromatic heterocycles. The molecule has 0 aliphatic carbocycles. The quantitative estimate of drug-likeness (QED) is 0.546. The first-order valence-electron chi connectivity index (χ1n) is 6.79. The topological polar surface area (TPSA) is 77.1 Å². The number of aromatic nitrogens is 3. The van der Waals surface area contributed by atoms with E-state index in [1.54, 1.807) is 24.2 Å². The van der Waals surface area contributed by atoms with E-state index in [1.807, 2.05) is 35.9 Å². The molecule has 1 aromatic carbocycles. The zero-order valence-corrected chi connectivity index (χ0v) is 12.3. The van der Waals surface area contributed by atoms with E-state index in [2.05, 4.69) is 9.97 Å². The van der Waals surface area contributed by atoms with Gasteiger partial charge in [-0.1, -0.05) is 12.1 Å². The van der Waals surface area contributed by atoms with E-state index < -0.39 is 4.92 Å². The number of aryl methyl sites for hydroxylation is 1.